The molecule has 0 saturated carbocycles. The van der Waals surface area contributed by atoms with Crippen LogP contribution in [0.25, 0.3) is 0 Å². The van der Waals surface area contributed by atoms with Crippen LogP contribution >= 0.6 is 12.2 Å². The molecule has 1 fully saturated rings. The van der Waals surface area contributed by atoms with Gasteiger partial charge in [-0.15, -0.1) is 0 Å². The molecule has 20 heavy (non-hydrogen) atoms. The molecule has 0 amide bonds. The van der Waals surface area contributed by atoms with Crippen molar-refractivity contribution in [3.05, 3.63) is 35.6 Å². The summed E-state index contributed by atoms with van der Waals surface area (Å²) in [6.45, 7) is 6.25. The fraction of sp³-hybridized carbons (Fsp3) is 0.533. The summed E-state index contributed by atoms with van der Waals surface area (Å²) in [5.74, 6) is -0.210. The highest BCUT2D eigenvalue weighted by atomic mass is 32.1. The van der Waals surface area contributed by atoms with Crippen LogP contribution in [0.5, 0.6) is 0 Å². The molecular weight excluding hydrogens is 273 g/mol. The SMILES string of the molecule is CC[NH+]1CCC[C@@H]1CNC(=S)NCc1ccc(F)cc1. The first-order valence-corrected chi connectivity index (χ1v) is 7.70. The van der Waals surface area contributed by atoms with E-state index in [4.69, 9.17) is 12.2 Å². The number of hydrogen-bond acceptors (Lipinski definition) is 1. The van der Waals surface area contributed by atoms with Crippen molar-refractivity contribution in [1.29, 1.82) is 0 Å². The van der Waals surface area contributed by atoms with E-state index in [0.717, 1.165) is 12.1 Å². The van der Waals surface area contributed by atoms with E-state index in [0.29, 0.717) is 17.7 Å². The Labute approximate surface area is 125 Å². The molecule has 0 aliphatic carbocycles. The van der Waals surface area contributed by atoms with E-state index in [9.17, 15) is 4.39 Å². The molecule has 3 N–H and O–H groups in total. The third kappa shape index (κ3) is 4.42. The topological polar surface area (TPSA) is 28.5 Å². The van der Waals surface area contributed by atoms with E-state index in [1.54, 1.807) is 17.0 Å². The fourth-order valence-electron chi connectivity index (χ4n) is 2.76. The summed E-state index contributed by atoms with van der Waals surface area (Å²) in [5.41, 5.74) is 1.03. The van der Waals surface area contributed by atoms with Crippen molar-refractivity contribution in [2.75, 3.05) is 19.6 Å². The van der Waals surface area contributed by atoms with Crippen LogP contribution in [0.1, 0.15) is 25.3 Å². The van der Waals surface area contributed by atoms with Crippen LogP contribution in [0.4, 0.5) is 4.39 Å². The molecule has 1 heterocycles. The molecule has 1 unspecified atom stereocenters. The minimum atomic E-state index is -0.210. The monoisotopic (exact) mass is 296 g/mol. The maximum atomic E-state index is 12.8. The number of thiocarbonyl (C=S) groups is 1. The van der Waals surface area contributed by atoms with Gasteiger partial charge in [-0.25, -0.2) is 4.39 Å². The minimum absolute atomic E-state index is 0.210. The molecule has 0 bridgehead atoms. The lowest BCUT2D eigenvalue weighted by Crippen LogP contribution is -3.14. The Hall–Kier alpha value is -1.20. The number of hydrogen-bond donors (Lipinski definition) is 3. The largest absolute Gasteiger partial charge is 0.359 e. The van der Waals surface area contributed by atoms with Crippen LogP contribution in [-0.2, 0) is 6.54 Å². The second kappa shape index (κ2) is 7.55. The van der Waals surface area contributed by atoms with E-state index in [-0.39, 0.29) is 5.82 Å². The van der Waals surface area contributed by atoms with Crippen molar-refractivity contribution in [3.63, 3.8) is 0 Å². The van der Waals surface area contributed by atoms with Gasteiger partial charge >= 0.3 is 0 Å². The summed E-state index contributed by atoms with van der Waals surface area (Å²) in [4.78, 5) is 1.67. The standard InChI is InChI=1S/C15H22FN3S/c1-2-19-9-3-4-14(19)11-18-15(20)17-10-12-5-7-13(16)8-6-12/h5-8,14H,2-4,9-11H2,1H3,(H2,17,18,20)/p+1/t14-/m1/s1. The van der Waals surface area contributed by atoms with Gasteiger partial charge in [0.15, 0.2) is 5.11 Å². The predicted octanol–water partition coefficient (Wildman–Crippen LogP) is 0.857. The average molecular weight is 296 g/mol. The number of likely N-dealkylation sites (tertiary alicyclic amines) is 1. The Morgan fingerprint density at radius 1 is 1.35 bits per heavy atom. The molecule has 1 aliphatic heterocycles. The number of benzene rings is 1. The first kappa shape index (κ1) is 15.2. The minimum Gasteiger partial charge on any atom is -0.359 e. The predicted molar refractivity (Wildman–Crippen MR) is 83.2 cm³/mol. The second-order valence-electron chi connectivity index (χ2n) is 5.29. The smallest absolute Gasteiger partial charge is 0.166 e. The molecule has 2 rings (SSSR count). The lowest BCUT2D eigenvalue weighted by atomic mass is 10.2. The van der Waals surface area contributed by atoms with Gasteiger partial charge in [0.05, 0.1) is 19.6 Å². The quantitative estimate of drug-likeness (QED) is 0.704. The highest BCUT2D eigenvalue weighted by Gasteiger charge is 2.26. The first-order chi connectivity index (χ1) is 9.69. The number of likely N-dealkylation sites (N-methyl/N-ethyl adjacent to an activating group) is 1. The van der Waals surface area contributed by atoms with E-state index in [1.165, 1.54) is 38.1 Å². The third-order valence-electron chi connectivity index (χ3n) is 3.96. The Bertz CT molecular complexity index is 435. The fourth-order valence-corrected chi connectivity index (χ4v) is 2.91. The highest BCUT2D eigenvalue weighted by Crippen LogP contribution is 2.02. The van der Waals surface area contributed by atoms with Crippen molar-refractivity contribution in [2.24, 2.45) is 0 Å². The van der Waals surface area contributed by atoms with Crippen molar-refractivity contribution in [2.45, 2.75) is 32.4 Å². The van der Waals surface area contributed by atoms with E-state index >= 15 is 0 Å². The van der Waals surface area contributed by atoms with E-state index < -0.39 is 0 Å². The average Bonchev–Trinajstić information content (AvgIpc) is 2.92. The highest BCUT2D eigenvalue weighted by molar-refractivity contribution is 7.80. The molecule has 0 spiro atoms. The van der Waals surface area contributed by atoms with Gasteiger partial charge in [0.1, 0.15) is 11.9 Å². The van der Waals surface area contributed by atoms with Crippen molar-refractivity contribution in [1.82, 2.24) is 10.6 Å². The lowest BCUT2D eigenvalue weighted by molar-refractivity contribution is -0.909. The van der Waals surface area contributed by atoms with Gasteiger partial charge in [-0.1, -0.05) is 12.1 Å². The molecule has 5 heteroatoms. The van der Waals surface area contributed by atoms with Crippen LogP contribution < -0.4 is 15.5 Å². The summed E-state index contributed by atoms with van der Waals surface area (Å²) < 4.78 is 12.8. The molecule has 1 aliphatic rings. The van der Waals surface area contributed by atoms with Crippen LogP contribution in [0.15, 0.2) is 24.3 Å². The lowest BCUT2D eigenvalue weighted by Gasteiger charge is -2.21. The molecule has 1 aromatic carbocycles. The Kier molecular flexibility index (Phi) is 5.73. The zero-order valence-corrected chi connectivity index (χ0v) is 12.7. The first-order valence-electron chi connectivity index (χ1n) is 7.29. The van der Waals surface area contributed by atoms with Crippen molar-refractivity contribution < 1.29 is 9.29 Å². The summed E-state index contributed by atoms with van der Waals surface area (Å²) in [6, 6.07) is 7.14. The Morgan fingerprint density at radius 3 is 2.80 bits per heavy atom. The molecule has 3 nitrogen and oxygen atoms in total. The van der Waals surface area contributed by atoms with Gasteiger partial charge in [-0.05, 0) is 36.8 Å². The molecule has 110 valence electrons. The second-order valence-corrected chi connectivity index (χ2v) is 5.70. The summed E-state index contributed by atoms with van der Waals surface area (Å²) >= 11 is 5.28. The summed E-state index contributed by atoms with van der Waals surface area (Å²) in [7, 11) is 0. The number of nitrogens with one attached hydrogen (secondary N) is 3. The van der Waals surface area contributed by atoms with Gasteiger partial charge in [0.2, 0.25) is 0 Å². The maximum Gasteiger partial charge on any atom is 0.166 e. The Morgan fingerprint density at radius 2 is 2.10 bits per heavy atom. The number of rotatable bonds is 5. The van der Waals surface area contributed by atoms with E-state index in [1.807, 2.05) is 0 Å². The van der Waals surface area contributed by atoms with E-state index in [2.05, 4.69) is 17.6 Å². The molecule has 1 saturated heterocycles. The van der Waals surface area contributed by atoms with Gasteiger partial charge in [0.25, 0.3) is 0 Å². The van der Waals surface area contributed by atoms with Gasteiger partial charge < -0.3 is 15.5 Å². The van der Waals surface area contributed by atoms with Gasteiger partial charge in [0, 0.05) is 19.4 Å². The van der Waals surface area contributed by atoms with Crippen LogP contribution in [-0.4, -0.2) is 30.8 Å². The number of quaternary nitrogens is 1. The maximum absolute atomic E-state index is 12.8. The van der Waals surface area contributed by atoms with Crippen molar-refractivity contribution in [3.8, 4) is 0 Å². The van der Waals surface area contributed by atoms with Crippen LogP contribution in [0, 0.1) is 5.82 Å². The van der Waals surface area contributed by atoms with Gasteiger partial charge in [-0.3, -0.25) is 0 Å². The molecule has 0 radical (unpaired) electrons. The van der Waals surface area contributed by atoms with Crippen LogP contribution in [0.3, 0.4) is 0 Å². The van der Waals surface area contributed by atoms with Gasteiger partial charge in [-0.2, -0.15) is 0 Å². The zero-order valence-electron chi connectivity index (χ0n) is 11.9. The molecule has 1 aromatic rings. The molecule has 2 atom stereocenters. The van der Waals surface area contributed by atoms with Crippen molar-refractivity contribution >= 4 is 17.3 Å². The molecule has 0 aromatic heterocycles. The Balaban J connectivity index is 1.69. The zero-order chi connectivity index (χ0) is 14.4. The normalized spacial score (nSPS) is 21.7. The van der Waals surface area contributed by atoms with Crippen LogP contribution in [0.2, 0.25) is 0 Å². The third-order valence-corrected chi connectivity index (χ3v) is 4.25. The number of halogens is 1. The molecular formula is C15H23FN3S+. The summed E-state index contributed by atoms with van der Waals surface area (Å²) in [5, 5.41) is 7.14. The summed E-state index contributed by atoms with van der Waals surface area (Å²) in [6.07, 6.45) is 2.59.